The van der Waals surface area contributed by atoms with Gasteiger partial charge in [0.1, 0.15) is 0 Å². The van der Waals surface area contributed by atoms with Gasteiger partial charge in [0.15, 0.2) is 0 Å². The number of rotatable bonds is 7. The first-order valence-electron chi connectivity index (χ1n) is 8.04. The quantitative estimate of drug-likeness (QED) is 0.677. The van der Waals surface area contributed by atoms with Crippen LogP contribution in [0.3, 0.4) is 0 Å². The molecule has 0 aromatic rings. The number of hydrogen-bond acceptors (Lipinski definition) is 2. The van der Waals surface area contributed by atoms with Crippen molar-refractivity contribution in [2.75, 3.05) is 6.61 Å². The van der Waals surface area contributed by atoms with Gasteiger partial charge in [-0.3, -0.25) is 0 Å². The Morgan fingerprint density at radius 3 is 2.22 bits per heavy atom. The van der Waals surface area contributed by atoms with Crippen molar-refractivity contribution in [2.24, 2.45) is 5.92 Å². The summed E-state index contributed by atoms with van der Waals surface area (Å²) in [4.78, 5) is 0. The van der Waals surface area contributed by atoms with Crippen LogP contribution in [0, 0.1) is 5.92 Å². The Labute approximate surface area is 114 Å². The molecule has 1 aliphatic carbocycles. The molecule has 0 bridgehead atoms. The Balaban J connectivity index is 2.58. The molecule has 1 fully saturated rings. The summed E-state index contributed by atoms with van der Waals surface area (Å²) in [6.07, 6.45) is 11.4. The third-order valence-corrected chi connectivity index (χ3v) is 4.78. The zero-order valence-corrected chi connectivity index (χ0v) is 12.7. The van der Waals surface area contributed by atoms with E-state index in [1.165, 1.54) is 44.9 Å². The Hall–Kier alpha value is -0.0800. The average Bonchev–Trinajstić information content (AvgIpc) is 2.66. The van der Waals surface area contributed by atoms with E-state index in [0.29, 0.717) is 12.0 Å². The van der Waals surface area contributed by atoms with Gasteiger partial charge in [0, 0.05) is 11.6 Å². The highest BCUT2D eigenvalue weighted by Gasteiger charge is 2.31. The summed E-state index contributed by atoms with van der Waals surface area (Å²) in [6, 6.07) is 0.628. The second kappa shape index (κ2) is 8.16. The molecule has 1 saturated carbocycles. The molecule has 108 valence electrons. The standard InChI is InChI=1S/C16H33NO/c1-4-14(3)12-16(5-2,13-18)17-15-10-8-6-7-9-11-15/h14-15,17-18H,4-13H2,1-3H3. The van der Waals surface area contributed by atoms with Crippen molar-refractivity contribution in [2.45, 2.75) is 90.1 Å². The van der Waals surface area contributed by atoms with Crippen molar-refractivity contribution in [3.63, 3.8) is 0 Å². The van der Waals surface area contributed by atoms with Crippen LogP contribution in [0.5, 0.6) is 0 Å². The monoisotopic (exact) mass is 255 g/mol. The van der Waals surface area contributed by atoms with Gasteiger partial charge < -0.3 is 10.4 Å². The summed E-state index contributed by atoms with van der Waals surface area (Å²) < 4.78 is 0. The Morgan fingerprint density at radius 2 is 1.78 bits per heavy atom. The van der Waals surface area contributed by atoms with Crippen molar-refractivity contribution in [3.05, 3.63) is 0 Å². The minimum atomic E-state index is -0.0373. The van der Waals surface area contributed by atoms with E-state index < -0.39 is 0 Å². The fraction of sp³-hybridized carbons (Fsp3) is 1.00. The molecule has 0 aliphatic heterocycles. The Kier molecular flexibility index (Phi) is 7.25. The first-order valence-corrected chi connectivity index (χ1v) is 8.04. The summed E-state index contributed by atoms with van der Waals surface area (Å²) in [5, 5.41) is 13.7. The topological polar surface area (TPSA) is 32.3 Å². The van der Waals surface area contributed by atoms with Crippen LogP contribution in [-0.2, 0) is 0 Å². The Bertz CT molecular complexity index is 205. The lowest BCUT2D eigenvalue weighted by Crippen LogP contribution is -2.53. The van der Waals surface area contributed by atoms with E-state index in [9.17, 15) is 5.11 Å². The first kappa shape index (κ1) is 16.0. The third-order valence-electron chi connectivity index (χ3n) is 4.78. The van der Waals surface area contributed by atoms with E-state index in [1.54, 1.807) is 0 Å². The lowest BCUT2D eigenvalue weighted by molar-refractivity contribution is 0.114. The molecule has 1 rings (SSSR count). The Morgan fingerprint density at radius 1 is 1.17 bits per heavy atom. The molecule has 0 heterocycles. The van der Waals surface area contributed by atoms with Gasteiger partial charge in [-0.15, -0.1) is 0 Å². The van der Waals surface area contributed by atoms with Gasteiger partial charge >= 0.3 is 0 Å². The second-order valence-electron chi connectivity index (χ2n) is 6.34. The van der Waals surface area contributed by atoms with Crippen molar-refractivity contribution in [1.29, 1.82) is 0 Å². The van der Waals surface area contributed by atoms with Crippen LogP contribution >= 0.6 is 0 Å². The highest BCUT2D eigenvalue weighted by Crippen LogP contribution is 2.26. The molecule has 2 nitrogen and oxygen atoms in total. The van der Waals surface area contributed by atoms with E-state index in [1.807, 2.05) is 0 Å². The summed E-state index contributed by atoms with van der Waals surface area (Å²) in [7, 11) is 0. The highest BCUT2D eigenvalue weighted by atomic mass is 16.3. The molecular weight excluding hydrogens is 222 g/mol. The lowest BCUT2D eigenvalue weighted by atomic mass is 9.84. The zero-order valence-electron chi connectivity index (χ0n) is 12.7. The molecule has 0 amide bonds. The first-order chi connectivity index (χ1) is 8.65. The normalized spacial score (nSPS) is 23.3. The molecule has 0 radical (unpaired) electrons. The van der Waals surface area contributed by atoms with Crippen LogP contribution in [0.25, 0.3) is 0 Å². The van der Waals surface area contributed by atoms with E-state index in [4.69, 9.17) is 0 Å². The maximum Gasteiger partial charge on any atom is 0.0613 e. The average molecular weight is 255 g/mol. The smallest absolute Gasteiger partial charge is 0.0613 e. The van der Waals surface area contributed by atoms with Gasteiger partial charge in [-0.1, -0.05) is 52.9 Å². The number of hydrogen-bond donors (Lipinski definition) is 2. The van der Waals surface area contributed by atoms with Gasteiger partial charge in [0.05, 0.1) is 6.61 Å². The minimum Gasteiger partial charge on any atom is -0.394 e. The summed E-state index contributed by atoms with van der Waals surface area (Å²) in [5.74, 6) is 0.690. The third kappa shape index (κ3) is 4.89. The van der Waals surface area contributed by atoms with E-state index >= 15 is 0 Å². The molecule has 2 heteroatoms. The molecule has 1 aliphatic rings. The molecule has 2 N–H and O–H groups in total. The van der Waals surface area contributed by atoms with Crippen LogP contribution in [0.4, 0.5) is 0 Å². The summed E-state index contributed by atoms with van der Waals surface area (Å²) in [5.41, 5.74) is -0.0373. The number of nitrogens with one attached hydrogen (secondary N) is 1. The molecule has 18 heavy (non-hydrogen) atoms. The molecule has 0 aromatic heterocycles. The lowest BCUT2D eigenvalue weighted by Gasteiger charge is -2.38. The molecule has 0 spiro atoms. The van der Waals surface area contributed by atoms with Gasteiger partial charge in [0.2, 0.25) is 0 Å². The van der Waals surface area contributed by atoms with Gasteiger partial charge in [0.25, 0.3) is 0 Å². The predicted octanol–water partition coefficient (Wildman–Crippen LogP) is 3.88. The van der Waals surface area contributed by atoms with Gasteiger partial charge in [-0.25, -0.2) is 0 Å². The van der Waals surface area contributed by atoms with Crippen molar-refractivity contribution < 1.29 is 5.11 Å². The fourth-order valence-corrected chi connectivity index (χ4v) is 3.20. The van der Waals surface area contributed by atoms with Crippen LogP contribution in [0.1, 0.15) is 78.6 Å². The molecular formula is C16H33NO. The maximum absolute atomic E-state index is 9.86. The summed E-state index contributed by atoms with van der Waals surface area (Å²) >= 11 is 0. The SMILES string of the molecule is CCC(C)CC(CC)(CO)NC1CCCCCC1. The van der Waals surface area contributed by atoms with E-state index in [0.717, 1.165) is 12.8 Å². The molecule has 0 aromatic carbocycles. The van der Waals surface area contributed by atoms with Gasteiger partial charge in [-0.2, -0.15) is 0 Å². The number of aliphatic hydroxyl groups is 1. The maximum atomic E-state index is 9.86. The number of aliphatic hydroxyl groups excluding tert-OH is 1. The van der Waals surface area contributed by atoms with E-state index in [2.05, 4.69) is 26.1 Å². The zero-order chi connectivity index (χ0) is 13.4. The second-order valence-corrected chi connectivity index (χ2v) is 6.34. The van der Waals surface area contributed by atoms with Crippen LogP contribution in [0.15, 0.2) is 0 Å². The molecule has 2 unspecified atom stereocenters. The minimum absolute atomic E-state index is 0.0373. The highest BCUT2D eigenvalue weighted by molar-refractivity contribution is 4.91. The van der Waals surface area contributed by atoms with Crippen molar-refractivity contribution in [1.82, 2.24) is 5.32 Å². The van der Waals surface area contributed by atoms with Crippen LogP contribution < -0.4 is 5.32 Å². The molecule has 2 atom stereocenters. The summed E-state index contributed by atoms with van der Waals surface area (Å²) in [6.45, 7) is 7.04. The predicted molar refractivity (Wildman–Crippen MR) is 78.8 cm³/mol. The molecule has 0 saturated heterocycles. The van der Waals surface area contributed by atoms with E-state index in [-0.39, 0.29) is 12.1 Å². The van der Waals surface area contributed by atoms with Gasteiger partial charge in [-0.05, 0) is 31.6 Å². The van der Waals surface area contributed by atoms with Crippen LogP contribution in [0.2, 0.25) is 0 Å². The van der Waals surface area contributed by atoms with Crippen molar-refractivity contribution >= 4 is 0 Å². The van der Waals surface area contributed by atoms with Crippen LogP contribution in [-0.4, -0.2) is 23.3 Å². The van der Waals surface area contributed by atoms with Crippen molar-refractivity contribution in [3.8, 4) is 0 Å². The largest absolute Gasteiger partial charge is 0.394 e. The fourth-order valence-electron chi connectivity index (χ4n) is 3.20.